The molecule has 1 aromatic carbocycles. The molecule has 0 fully saturated rings. The first kappa shape index (κ1) is 12.0. The van der Waals surface area contributed by atoms with E-state index >= 15 is 0 Å². The Kier molecular flexibility index (Phi) is 4.12. The molecule has 0 aliphatic carbocycles. The van der Waals surface area contributed by atoms with E-state index in [4.69, 9.17) is 22.1 Å². The molecule has 1 atom stereocenters. The summed E-state index contributed by atoms with van der Waals surface area (Å²) in [4.78, 5) is 10.9. The molecule has 3 nitrogen and oxygen atoms in total. The van der Waals surface area contributed by atoms with Crippen LogP contribution in [0.15, 0.2) is 30.3 Å². The first-order chi connectivity index (χ1) is 7.08. The maximum Gasteiger partial charge on any atom is 0.221 e. The largest absolute Gasteiger partial charge is 0.370 e. The number of alkyl halides is 1. The molecule has 2 N–H and O–H groups in total. The number of benzene rings is 1. The molecular formula is C11H14ClNO2. The van der Waals surface area contributed by atoms with Gasteiger partial charge in [0.25, 0.3) is 0 Å². The normalized spacial score (nSPS) is 14.5. The number of ether oxygens (including phenoxy) is 1. The number of hydrogen-bond donors (Lipinski definition) is 1. The van der Waals surface area contributed by atoms with E-state index in [1.54, 1.807) is 0 Å². The number of halogens is 1. The van der Waals surface area contributed by atoms with Crippen molar-refractivity contribution in [2.75, 3.05) is 6.61 Å². The molecule has 0 saturated heterocycles. The average molecular weight is 228 g/mol. The van der Waals surface area contributed by atoms with Crippen molar-refractivity contribution in [2.24, 2.45) is 5.73 Å². The van der Waals surface area contributed by atoms with Gasteiger partial charge in [0.1, 0.15) is 0 Å². The van der Waals surface area contributed by atoms with Gasteiger partial charge in [-0.3, -0.25) is 4.79 Å². The molecule has 0 aromatic heterocycles. The molecule has 1 rings (SSSR count). The first-order valence-electron chi connectivity index (χ1n) is 4.75. The molecule has 1 aromatic rings. The lowest BCUT2D eigenvalue weighted by Crippen LogP contribution is -2.29. The molecule has 0 aliphatic rings. The fourth-order valence-electron chi connectivity index (χ4n) is 1.38. The SMILES string of the molecule is CCOC(Cl)(CC(N)=O)c1ccccc1. The zero-order valence-electron chi connectivity index (χ0n) is 8.57. The predicted molar refractivity (Wildman–Crippen MR) is 59.4 cm³/mol. The van der Waals surface area contributed by atoms with Crippen LogP contribution in [0.25, 0.3) is 0 Å². The Bertz CT molecular complexity index is 329. The quantitative estimate of drug-likeness (QED) is 0.783. The molecule has 0 bridgehead atoms. The Hall–Kier alpha value is -1.06. The van der Waals surface area contributed by atoms with Crippen molar-refractivity contribution in [1.29, 1.82) is 0 Å². The van der Waals surface area contributed by atoms with Gasteiger partial charge in [-0.15, -0.1) is 0 Å². The van der Waals surface area contributed by atoms with Crippen LogP contribution in [0.4, 0.5) is 0 Å². The molecule has 0 aliphatic heterocycles. The van der Waals surface area contributed by atoms with Gasteiger partial charge in [-0.25, -0.2) is 0 Å². The van der Waals surface area contributed by atoms with E-state index in [0.717, 1.165) is 5.56 Å². The van der Waals surface area contributed by atoms with E-state index in [1.165, 1.54) is 0 Å². The number of nitrogens with two attached hydrogens (primary N) is 1. The minimum absolute atomic E-state index is 0.0353. The molecule has 4 heteroatoms. The van der Waals surface area contributed by atoms with Crippen LogP contribution in [0, 0.1) is 0 Å². The van der Waals surface area contributed by atoms with Crippen molar-refractivity contribution < 1.29 is 9.53 Å². The highest BCUT2D eigenvalue weighted by Crippen LogP contribution is 2.33. The van der Waals surface area contributed by atoms with Gasteiger partial charge in [-0.05, 0) is 12.5 Å². The van der Waals surface area contributed by atoms with Gasteiger partial charge < -0.3 is 10.5 Å². The molecule has 0 radical (unpaired) electrons. The van der Waals surface area contributed by atoms with Crippen molar-refractivity contribution in [3.8, 4) is 0 Å². The van der Waals surface area contributed by atoms with Crippen LogP contribution >= 0.6 is 11.6 Å². The third-order valence-electron chi connectivity index (χ3n) is 1.98. The summed E-state index contributed by atoms with van der Waals surface area (Å²) in [5, 5.41) is -1.14. The zero-order chi connectivity index (χ0) is 11.3. The lowest BCUT2D eigenvalue weighted by atomic mass is 10.1. The molecule has 0 spiro atoms. The standard InChI is InChI=1S/C11H14ClNO2/c1-2-15-11(12,8-10(13)14)9-6-4-3-5-7-9/h3-7H,2,8H2,1H3,(H2,13,14). The van der Waals surface area contributed by atoms with Gasteiger partial charge in [0.15, 0.2) is 5.06 Å². The fraction of sp³-hybridized carbons (Fsp3) is 0.364. The van der Waals surface area contributed by atoms with E-state index in [1.807, 2.05) is 37.3 Å². The first-order valence-corrected chi connectivity index (χ1v) is 5.13. The number of amides is 1. The maximum atomic E-state index is 10.9. The van der Waals surface area contributed by atoms with Crippen LogP contribution < -0.4 is 5.73 Å². The van der Waals surface area contributed by atoms with E-state index in [2.05, 4.69) is 0 Å². The molecule has 1 amide bonds. The summed E-state index contributed by atoms with van der Waals surface area (Å²) in [5.74, 6) is -0.484. The molecule has 0 saturated carbocycles. The highest BCUT2D eigenvalue weighted by Gasteiger charge is 2.32. The van der Waals surface area contributed by atoms with E-state index < -0.39 is 11.0 Å². The van der Waals surface area contributed by atoms with Crippen LogP contribution in [0.2, 0.25) is 0 Å². The molecule has 0 heterocycles. The maximum absolute atomic E-state index is 10.9. The Morgan fingerprint density at radius 3 is 2.53 bits per heavy atom. The summed E-state index contributed by atoms with van der Waals surface area (Å²) in [5.41, 5.74) is 5.89. The molecular weight excluding hydrogens is 214 g/mol. The fourth-order valence-corrected chi connectivity index (χ4v) is 1.74. The van der Waals surface area contributed by atoms with E-state index in [-0.39, 0.29) is 6.42 Å². The smallest absolute Gasteiger partial charge is 0.221 e. The highest BCUT2D eigenvalue weighted by molar-refractivity contribution is 6.24. The Balaban J connectivity index is 2.95. The summed E-state index contributed by atoms with van der Waals surface area (Å²) in [6.07, 6.45) is -0.0353. The number of carbonyl (C=O) groups excluding carboxylic acids is 1. The Labute approximate surface area is 94.2 Å². The van der Waals surface area contributed by atoms with E-state index in [9.17, 15) is 4.79 Å². The Morgan fingerprint density at radius 2 is 2.07 bits per heavy atom. The van der Waals surface area contributed by atoms with Gasteiger partial charge in [0.2, 0.25) is 5.91 Å². The predicted octanol–water partition coefficient (Wildman–Crippen LogP) is 1.99. The lowest BCUT2D eigenvalue weighted by molar-refractivity contribution is -0.122. The van der Waals surface area contributed by atoms with Gasteiger partial charge >= 0.3 is 0 Å². The van der Waals surface area contributed by atoms with Crippen molar-refractivity contribution in [2.45, 2.75) is 18.4 Å². The van der Waals surface area contributed by atoms with Crippen molar-refractivity contribution in [1.82, 2.24) is 0 Å². The second kappa shape index (κ2) is 5.14. The minimum Gasteiger partial charge on any atom is -0.370 e. The third kappa shape index (κ3) is 3.22. The summed E-state index contributed by atoms with van der Waals surface area (Å²) in [6.45, 7) is 2.24. The van der Waals surface area contributed by atoms with Crippen LogP contribution in [0.1, 0.15) is 18.9 Å². The number of carbonyl (C=O) groups is 1. The third-order valence-corrected chi connectivity index (χ3v) is 2.44. The topological polar surface area (TPSA) is 52.3 Å². The second-order valence-corrected chi connectivity index (χ2v) is 3.78. The number of hydrogen-bond acceptors (Lipinski definition) is 2. The van der Waals surface area contributed by atoms with Crippen LogP contribution in [-0.4, -0.2) is 12.5 Å². The van der Waals surface area contributed by atoms with Gasteiger partial charge in [-0.2, -0.15) is 0 Å². The summed E-state index contributed by atoms with van der Waals surface area (Å²) < 4.78 is 5.39. The van der Waals surface area contributed by atoms with Crippen LogP contribution in [0.3, 0.4) is 0 Å². The van der Waals surface area contributed by atoms with Crippen molar-refractivity contribution >= 4 is 17.5 Å². The van der Waals surface area contributed by atoms with Gasteiger partial charge in [-0.1, -0.05) is 41.9 Å². The lowest BCUT2D eigenvalue weighted by Gasteiger charge is -2.26. The molecule has 15 heavy (non-hydrogen) atoms. The molecule has 1 unspecified atom stereocenters. The summed E-state index contributed by atoms with van der Waals surface area (Å²) in [6, 6.07) is 9.17. The second-order valence-electron chi connectivity index (χ2n) is 3.17. The zero-order valence-corrected chi connectivity index (χ0v) is 9.33. The van der Waals surface area contributed by atoms with E-state index in [0.29, 0.717) is 6.61 Å². The highest BCUT2D eigenvalue weighted by atomic mass is 35.5. The van der Waals surface area contributed by atoms with Crippen molar-refractivity contribution in [3.05, 3.63) is 35.9 Å². The minimum atomic E-state index is -1.14. The van der Waals surface area contributed by atoms with Crippen LogP contribution in [0.5, 0.6) is 0 Å². The van der Waals surface area contributed by atoms with Crippen LogP contribution in [-0.2, 0) is 14.6 Å². The monoisotopic (exact) mass is 227 g/mol. The molecule has 82 valence electrons. The summed E-state index contributed by atoms with van der Waals surface area (Å²) in [7, 11) is 0. The summed E-state index contributed by atoms with van der Waals surface area (Å²) >= 11 is 6.24. The number of rotatable bonds is 5. The average Bonchev–Trinajstić information content (AvgIpc) is 2.18. The Morgan fingerprint density at radius 1 is 1.47 bits per heavy atom. The van der Waals surface area contributed by atoms with Crippen molar-refractivity contribution in [3.63, 3.8) is 0 Å². The number of primary amides is 1. The van der Waals surface area contributed by atoms with Gasteiger partial charge in [0, 0.05) is 6.61 Å². The van der Waals surface area contributed by atoms with Gasteiger partial charge in [0.05, 0.1) is 6.42 Å².